The Morgan fingerprint density at radius 3 is 2.43 bits per heavy atom. The van der Waals surface area contributed by atoms with Gasteiger partial charge >= 0.3 is 6.03 Å². The summed E-state index contributed by atoms with van der Waals surface area (Å²) in [5.41, 5.74) is 9.54. The summed E-state index contributed by atoms with van der Waals surface area (Å²) in [4.78, 5) is 16.7. The normalized spacial score (nSPS) is 11.3. The van der Waals surface area contributed by atoms with Gasteiger partial charge in [0.25, 0.3) is 5.89 Å². The van der Waals surface area contributed by atoms with Crippen LogP contribution in [0.4, 0.5) is 10.5 Å². The van der Waals surface area contributed by atoms with Gasteiger partial charge in [0.15, 0.2) is 0 Å². The average molecular weight is 379 g/mol. The molecular formula is C21H25N5O2. The zero-order valence-electron chi connectivity index (χ0n) is 16.5. The predicted octanol–water partition coefficient (Wildman–Crippen LogP) is 4.09. The Hall–Kier alpha value is -3.19. The molecule has 0 fully saturated rings. The number of nitrogens with one attached hydrogen (secondary N) is 2. The monoisotopic (exact) mass is 379 g/mol. The molecule has 1 aromatic heterocycles. The second kappa shape index (κ2) is 7.82. The Labute approximate surface area is 164 Å². The first kappa shape index (κ1) is 19.6. The van der Waals surface area contributed by atoms with Crippen molar-refractivity contribution in [3.63, 3.8) is 0 Å². The number of amides is 2. The van der Waals surface area contributed by atoms with Gasteiger partial charge in [0, 0.05) is 28.9 Å². The molecule has 0 aliphatic rings. The Kier molecular flexibility index (Phi) is 5.46. The van der Waals surface area contributed by atoms with Crippen LogP contribution in [0, 0.1) is 6.92 Å². The molecule has 7 nitrogen and oxygen atoms in total. The summed E-state index contributed by atoms with van der Waals surface area (Å²) in [6.45, 7) is 8.19. The molecule has 0 radical (unpaired) electrons. The van der Waals surface area contributed by atoms with Crippen molar-refractivity contribution in [2.24, 2.45) is 5.73 Å². The fourth-order valence-corrected chi connectivity index (χ4v) is 2.63. The molecule has 7 heteroatoms. The summed E-state index contributed by atoms with van der Waals surface area (Å²) in [6.07, 6.45) is 0. The fraction of sp³-hybridized carbons (Fsp3) is 0.286. The van der Waals surface area contributed by atoms with Crippen LogP contribution >= 0.6 is 0 Å². The van der Waals surface area contributed by atoms with Crippen molar-refractivity contribution < 1.29 is 9.32 Å². The molecule has 0 aliphatic heterocycles. The molecule has 0 bridgehead atoms. The minimum absolute atomic E-state index is 0.265. The topological polar surface area (TPSA) is 106 Å². The van der Waals surface area contributed by atoms with E-state index in [0.717, 1.165) is 22.3 Å². The Morgan fingerprint density at radius 2 is 1.79 bits per heavy atom. The van der Waals surface area contributed by atoms with Crippen LogP contribution in [0.5, 0.6) is 0 Å². The third-order valence-corrected chi connectivity index (χ3v) is 4.10. The summed E-state index contributed by atoms with van der Waals surface area (Å²) in [6, 6.07) is 13.1. The maximum absolute atomic E-state index is 12.2. The van der Waals surface area contributed by atoms with Gasteiger partial charge in [-0.25, -0.2) is 4.79 Å². The van der Waals surface area contributed by atoms with Gasteiger partial charge in [0.2, 0.25) is 5.82 Å². The second-order valence-electron chi connectivity index (χ2n) is 7.68. The van der Waals surface area contributed by atoms with E-state index >= 15 is 0 Å². The molecule has 0 aliphatic carbocycles. The molecule has 146 valence electrons. The molecule has 0 unspecified atom stereocenters. The number of aromatic nitrogens is 2. The van der Waals surface area contributed by atoms with Crippen molar-refractivity contribution >= 4 is 11.7 Å². The molecule has 0 spiro atoms. The number of anilines is 1. The number of carbonyl (C=O) groups is 1. The van der Waals surface area contributed by atoms with Crippen molar-refractivity contribution in [2.75, 3.05) is 5.32 Å². The number of nitrogens with two attached hydrogens (primary N) is 1. The van der Waals surface area contributed by atoms with Crippen LogP contribution in [-0.4, -0.2) is 21.7 Å². The molecule has 1 heterocycles. The van der Waals surface area contributed by atoms with Gasteiger partial charge in [0.05, 0.1) is 0 Å². The lowest BCUT2D eigenvalue weighted by Crippen LogP contribution is -2.43. The fourth-order valence-electron chi connectivity index (χ4n) is 2.63. The number of hydrogen-bond acceptors (Lipinski definition) is 5. The lowest BCUT2D eigenvalue weighted by atomic mass is 10.1. The highest BCUT2D eigenvalue weighted by Gasteiger charge is 2.16. The van der Waals surface area contributed by atoms with Crippen LogP contribution in [0.3, 0.4) is 0 Å². The largest absolute Gasteiger partial charge is 0.334 e. The van der Waals surface area contributed by atoms with Crippen molar-refractivity contribution in [2.45, 2.75) is 39.8 Å². The number of carbonyl (C=O) groups excluding carboxylic acids is 1. The van der Waals surface area contributed by atoms with Gasteiger partial charge < -0.3 is 20.9 Å². The van der Waals surface area contributed by atoms with Gasteiger partial charge in [0.1, 0.15) is 0 Å². The zero-order chi connectivity index (χ0) is 20.3. The highest BCUT2D eigenvalue weighted by molar-refractivity contribution is 5.91. The van der Waals surface area contributed by atoms with Crippen molar-refractivity contribution in [3.8, 4) is 22.8 Å². The number of aryl methyl sites for hydroxylation is 1. The first-order chi connectivity index (χ1) is 13.2. The summed E-state index contributed by atoms with van der Waals surface area (Å²) in [5.74, 6) is 0.885. The number of rotatable bonds is 4. The number of nitrogens with zero attached hydrogens (tertiary/aromatic N) is 2. The van der Waals surface area contributed by atoms with Crippen LogP contribution in [0.25, 0.3) is 22.8 Å². The Morgan fingerprint density at radius 1 is 1.11 bits per heavy atom. The summed E-state index contributed by atoms with van der Waals surface area (Å²) >= 11 is 0. The maximum atomic E-state index is 12.2. The molecular weight excluding hydrogens is 354 g/mol. The van der Waals surface area contributed by atoms with Gasteiger partial charge in [-0.2, -0.15) is 4.98 Å². The van der Waals surface area contributed by atoms with Gasteiger partial charge in [-0.1, -0.05) is 35.5 Å². The van der Waals surface area contributed by atoms with Crippen molar-refractivity contribution in [1.29, 1.82) is 0 Å². The van der Waals surface area contributed by atoms with Gasteiger partial charge in [-0.05, 0) is 51.0 Å². The molecule has 0 atom stereocenters. The van der Waals surface area contributed by atoms with E-state index in [4.69, 9.17) is 10.3 Å². The van der Waals surface area contributed by atoms with Crippen molar-refractivity contribution in [3.05, 3.63) is 53.6 Å². The van der Waals surface area contributed by atoms with Crippen LogP contribution in [-0.2, 0) is 6.54 Å². The standard InChI is InChI=1S/C21H25N5O2/c1-13-5-8-16(11-17(13)23-20(27)25-21(2,3)4)19-24-18(26-28-19)15-9-6-14(12-22)7-10-15/h5-11H,12,22H2,1-4H3,(H2,23,25,27). The quantitative estimate of drug-likeness (QED) is 0.633. The van der Waals surface area contributed by atoms with E-state index in [0.29, 0.717) is 23.9 Å². The van der Waals surface area contributed by atoms with E-state index in [1.807, 2.05) is 70.2 Å². The smallest absolute Gasteiger partial charge is 0.319 e. The van der Waals surface area contributed by atoms with E-state index in [1.165, 1.54) is 0 Å². The summed E-state index contributed by atoms with van der Waals surface area (Å²) < 4.78 is 5.43. The number of urea groups is 1. The first-order valence-corrected chi connectivity index (χ1v) is 9.08. The van der Waals surface area contributed by atoms with Crippen molar-refractivity contribution in [1.82, 2.24) is 15.5 Å². The minimum Gasteiger partial charge on any atom is -0.334 e. The molecule has 4 N–H and O–H groups in total. The van der Waals surface area contributed by atoms with E-state index < -0.39 is 0 Å². The van der Waals surface area contributed by atoms with Crippen LogP contribution in [0.1, 0.15) is 31.9 Å². The van der Waals surface area contributed by atoms with Crippen LogP contribution in [0.15, 0.2) is 47.0 Å². The van der Waals surface area contributed by atoms with Crippen LogP contribution < -0.4 is 16.4 Å². The molecule has 0 saturated carbocycles. The molecule has 3 rings (SSSR count). The average Bonchev–Trinajstić information content (AvgIpc) is 3.12. The Bertz CT molecular complexity index is 971. The zero-order valence-corrected chi connectivity index (χ0v) is 16.5. The van der Waals surface area contributed by atoms with E-state index in [-0.39, 0.29) is 11.6 Å². The molecule has 2 aromatic carbocycles. The lowest BCUT2D eigenvalue weighted by Gasteiger charge is -2.21. The molecule has 0 saturated heterocycles. The minimum atomic E-state index is -0.323. The summed E-state index contributed by atoms with van der Waals surface area (Å²) in [7, 11) is 0. The third-order valence-electron chi connectivity index (χ3n) is 4.10. The number of benzene rings is 2. The SMILES string of the molecule is Cc1ccc(-c2nc(-c3ccc(CN)cc3)no2)cc1NC(=O)NC(C)(C)C. The maximum Gasteiger partial charge on any atom is 0.319 e. The lowest BCUT2D eigenvalue weighted by molar-refractivity contribution is 0.244. The second-order valence-corrected chi connectivity index (χ2v) is 7.68. The molecule has 28 heavy (non-hydrogen) atoms. The highest BCUT2D eigenvalue weighted by atomic mass is 16.5. The highest BCUT2D eigenvalue weighted by Crippen LogP contribution is 2.26. The number of hydrogen-bond donors (Lipinski definition) is 3. The summed E-state index contributed by atoms with van der Waals surface area (Å²) in [5, 5.41) is 9.82. The molecule has 2 amide bonds. The van der Waals surface area contributed by atoms with E-state index in [2.05, 4.69) is 20.8 Å². The third kappa shape index (κ3) is 4.75. The van der Waals surface area contributed by atoms with Crippen LogP contribution in [0.2, 0.25) is 0 Å². The van der Waals surface area contributed by atoms with E-state index in [9.17, 15) is 4.79 Å². The first-order valence-electron chi connectivity index (χ1n) is 9.08. The van der Waals surface area contributed by atoms with Gasteiger partial charge in [-0.15, -0.1) is 0 Å². The molecule has 3 aromatic rings. The Balaban J connectivity index is 1.82. The predicted molar refractivity (Wildman–Crippen MR) is 110 cm³/mol. The van der Waals surface area contributed by atoms with Gasteiger partial charge in [-0.3, -0.25) is 0 Å². The van der Waals surface area contributed by atoms with E-state index in [1.54, 1.807) is 0 Å².